The molecule has 0 aliphatic carbocycles. The van der Waals surface area contributed by atoms with E-state index in [4.69, 9.17) is 0 Å². The minimum atomic E-state index is -3.29. The summed E-state index contributed by atoms with van der Waals surface area (Å²) in [5.41, 5.74) is 2.24. The van der Waals surface area contributed by atoms with Crippen molar-refractivity contribution in [1.29, 1.82) is 0 Å². The predicted molar refractivity (Wildman–Crippen MR) is 76.3 cm³/mol. The fourth-order valence-corrected chi connectivity index (χ4v) is 2.19. The van der Waals surface area contributed by atoms with Gasteiger partial charge in [-0.3, -0.25) is 0 Å². The molecule has 0 radical (unpaired) electrons. The van der Waals surface area contributed by atoms with Gasteiger partial charge in [-0.2, -0.15) is 4.40 Å². The highest BCUT2D eigenvalue weighted by Crippen LogP contribution is 2.16. The Hall–Kier alpha value is -1.10. The van der Waals surface area contributed by atoms with Crippen molar-refractivity contribution in [3.8, 4) is 0 Å². The van der Waals surface area contributed by atoms with Gasteiger partial charge in [0.25, 0.3) is 0 Å². The van der Waals surface area contributed by atoms with E-state index in [1.165, 1.54) is 31.1 Å². The fraction of sp³-hybridized carbons (Fsp3) is 0.615. The average molecular weight is 270 g/mol. The first-order valence-corrected chi connectivity index (χ1v) is 8.09. The third-order valence-electron chi connectivity index (χ3n) is 2.66. The summed E-state index contributed by atoms with van der Waals surface area (Å²) in [5, 5.41) is 0. The van der Waals surface area contributed by atoms with Gasteiger partial charge in [0, 0.05) is 25.0 Å². The SMILES string of the molecule is CC(C)=C/C(=C\C=N\S(C)(=O)=O)N1CCCCC1. The molecule has 0 aromatic carbocycles. The van der Waals surface area contributed by atoms with Crippen LogP contribution in [0.15, 0.2) is 27.8 Å². The first-order valence-electron chi connectivity index (χ1n) is 6.24. The molecule has 1 aliphatic heterocycles. The van der Waals surface area contributed by atoms with Crippen LogP contribution in [0.2, 0.25) is 0 Å². The van der Waals surface area contributed by atoms with Crippen molar-refractivity contribution in [2.75, 3.05) is 19.3 Å². The first kappa shape index (κ1) is 15.0. The van der Waals surface area contributed by atoms with E-state index in [9.17, 15) is 8.42 Å². The van der Waals surface area contributed by atoms with Gasteiger partial charge in [0.2, 0.25) is 10.0 Å². The van der Waals surface area contributed by atoms with Crippen LogP contribution in [0.5, 0.6) is 0 Å². The highest BCUT2D eigenvalue weighted by molar-refractivity contribution is 7.89. The van der Waals surface area contributed by atoms with Crippen LogP contribution in [0.25, 0.3) is 0 Å². The summed E-state index contributed by atoms with van der Waals surface area (Å²) in [4.78, 5) is 2.28. The largest absolute Gasteiger partial charge is 0.371 e. The molecule has 1 heterocycles. The molecule has 0 bridgehead atoms. The Morgan fingerprint density at radius 3 is 2.28 bits per heavy atom. The van der Waals surface area contributed by atoms with Gasteiger partial charge in [-0.1, -0.05) is 5.57 Å². The third kappa shape index (κ3) is 6.00. The minimum absolute atomic E-state index is 1.03. The molecule has 0 aromatic heterocycles. The lowest BCUT2D eigenvalue weighted by Crippen LogP contribution is -2.28. The van der Waals surface area contributed by atoms with Crippen LogP contribution in [0, 0.1) is 0 Å². The molecule has 1 rings (SSSR count). The van der Waals surface area contributed by atoms with Crippen LogP contribution < -0.4 is 0 Å². The van der Waals surface area contributed by atoms with Crippen molar-refractivity contribution >= 4 is 16.2 Å². The van der Waals surface area contributed by atoms with Crippen LogP contribution in [-0.2, 0) is 10.0 Å². The monoisotopic (exact) mass is 270 g/mol. The van der Waals surface area contributed by atoms with E-state index < -0.39 is 10.0 Å². The lowest BCUT2D eigenvalue weighted by Gasteiger charge is -2.29. The van der Waals surface area contributed by atoms with E-state index in [-0.39, 0.29) is 0 Å². The number of nitrogens with zero attached hydrogens (tertiary/aromatic N) is 2. The van der Waals surface area contributed by atoms with Gasteiger partial charge in [-0.25, -0.2) is 8.42 Å². The lowest BCUT2D eigenvalue weighted by molar-refractivity contribution is 0.293. The van der Waals surface area contributed by atoms with Crippen molar-refractivity contribution in [3.63, 3.8) is 0 Å². The highest BCUT2D eigenvalue weighted by atomic mass is 32.2. The summed E-state index contributed by atoms with van der Waals surface area (Å²) in [6, 6.07) is 0. The quantitative estimate of drug-likeness (QED) is 0.582. The van der Waals surface area contributed by atoms with Gasteiger partial charge in [0.15, 0.2) is 0 Å². The van der Waals surface area contributed by atoms with Crippen LogP contribution in [-0.4, -0.2) is 38.9 Å². The first-order chi connectivity index (χ1) is 8.38. The maximum absolute atomic E-state index is 11.0. The Kier molecular flexibility index (Phi) is 5.59. The highest BCUT2D eigenvalue weighted by Gasteiger charge is 2.11. The van der Waals surface area contributed by atoms with Crippen molar-refractivity contribution in [2.45, 2.75) is 33.1 Å². The molecule has 0 unspecified atom stereocenters. The van der Waals surface area contributed by atoms with Crippen LogP contribution >= 0.6 is 0 Å². The summed E-state index contributed by atoms with van der Waals surface area (Å²) in [7, 11) is -3.29. The molecule has 102 valence electrons. The maximum Gasteiger partial charge on any atom is 0.250 e. The zero-order chi connectivity index (χ0) is 13.6. The van der Waals surface area contributed by atoms with E-state index >= 15 is 0 Å². The van der Waals surface area contributed by atoms with Crippen molar-refractivity contribution < 1.29 is 8.42 Å². The molecule has 0 amide bonds. The van der Waals surface area contributed by atoms with E-state index in [1.54, 1.807) is 6.08 Å². The van der Waals surface area contributed by atoms with E-state index in [1.807, 2.05) is 13.8 Å². The number of piperidine rings is 1. The molecule has 0 N–H and O–H groups in total. The average Bonchev–Trinajstić information content (AvgIpc) is 2.27. The number of likely N-dealkylation sites (tertiary alicyclic amines) is 1. The van der Waals surface area contributed by atoms with Crippen molar-refractivity contribution in [3.05, 3.63) is 23.4 Å². The summed E-state index contributed by atoms with van der Waals surface area (Å²) < 4.78 is 25.4. The van der Waals surface area contributed by atoms with Crippen LogP contribution in [0.4, 0.5) is 0 Å². The molecule has 0 aromatic rings. The number of hydrogen-bond donors (Lipinski definition) is 0. The van der Waals surface area contributed by atoms with Gasteiger partial charge in [-0.15, -0.1) is 0 Å². The zero-order valence-electron chi connectivity index (χ0n) is 11.4. The number of allylic oxidation sites excluding steroid dienone is 3. The Labute approximate surface area is 110 Å². The molecular formula is C13H22N2O2S. The molecule has 0 saturated carbocycles. The predicted octanol–water partition coefficient (Wildman–Crippen LogP) is 2.35. The zero-order valence-corrected chi connectivity index (χ0v) is 12.2. The Morgan fingerprint density at radius 2 is 1.78 bits per heavy atom. The summed E-state index contributed by atoms with van der Waals surface area (Å²) in [5.74, 6) is 0. The second-order valence-corrected chi connectivity index (χ2v) is 6.53. The Morgan fingerprint density at radius 1 is 1.17 bits per heavy atom. The van der Waals surface area contributed by atoms with E-state index in [0.717, 1.165) is 25.0 Å². The molecule has 5 heteroatoms. The number of rotatable bonds is 4. The normalized spacial score (nSPS) is 18.2. The molecule has 1 fully saturated rings. The van der Waals surface area contributed by atoms with Gasteiger partial charge in [-0.05, 0) is 45.3 Å². The summed E-state index contributed by atoms with van der Waals surface area (Å²) in [6.07, 6.45) is 9.97. The molecule has 1 saturated heterocycles. The van der Waals surface area contributed by atoms with E-state index in [0.29, 0.717) is 0 Å². The fourth-order valence-electron chi connectivity index (χ4n) is 1.91. The smallest absolute Gasteiger partial charge is 0.250 e. The number of hydrogen-bond acceptors (Lipinski definition) is 3. The molecular weight excluding hydrogens is 248 g/mol. The molecule has 0 spiro atoms. The standard InChI is InChI=1S/C13H22N2O2S/c1-12(2)11-13(7-8-14-18(3,16)17)15-9-5-4-6-10-15/h7-8,11H,4-6,9-10H2,1-3H3/b13-7+,14-8+. The van der Waals surface area contributed by atoms with Crippen LogP contribution in [0.3, 0.4) is 0 Å². The van der Waals surface area contributed by atoms with Crippen LogP contribution in [0.1, 0.15) is 33.1 Å². The summed E-state index contributed by atoms with van der Waals surface area (Å²) in [6.45, 7) is 6.13. The van der Waals surface area contributed by atoms with Gasteiger partial charge >= 0.3 is 0 Å². The second kappa shape index (κ2) is 6.73. The summed E-state index contributed by atoms with van der Waals surface area (Å²) >= 11 is 0. The van der Waals surface area contributed by atoms with Gasteiger partial charge in [0.1, 0.15) is 0 Å². The second-order valence-electron chi connectivity index (χ2n) is 4.85. The maximum atomic E-state index is 11.0. The van der Waals surface area contributed by atoms with Gasteiger partial charge < -0.3 is 4.90 Å². The number of sulfonamides is 1. The topological polar surface area (TPSA) is 49.7 Å². The molecule has 0 atom stereocenters. The van der Waals surface area contributed by atoms with Crippen molar-refractivity contribution in [1.82, 2.24) is 4.90 Å². The minimum Gasteiger partial charge on any atom is -0.371 e. The Balaban J connectivity index is 2.87. The molecule has 18 heavy (non-hydrogen) atoms. The molecule has 1 aliphatic rings. The molecule has 4 nitrogen and oxygen atoms in total. The Bertz CT molecular complexity index is 451. The van der Waals surface area contributed by atoms with Gasteiger partial charge in [0.05, 0.1) is 6.26 Å². The third-order valence-corrected chi connectivity index (χ3v) is 3.16. The van der Waals surface area contributed by atoms with Crippen molar-refractivity contribution in [2.24, 2.45) is 4.40 Å². The van der Waals surface area contributed by atoms with E-state index in [2.05, 4.69) is 15.4 Å². The lowest BCUT2D eigenvalue weighted by atomic mass is 10.1.